The maximum atomic E-state index is 6.22. The molecule has 3 N–H and O–H groups in total. The lowest BCUT2D eigenvalue weighted by Gasteiger charge is -2.29. The zero-order chi connectivity index (χ0) is 13.0. The van der Waals surface area contributed by atoms with Crippen LogP contribution >= 0.6 is 11.6 Å². The third kappa shape index (κ3) is 3.03. The fourth-order valence-electron chi connectivity index (χ4n) is 2.39. The van der Waals surface area contributed by atoms with Gasteiger partial charge in [0.1, 0.15) is 0 Å². The summed E-state index contributed by atoms with van der Waals surface area (Å²) in [5.74, 6) is 6.43. The minimum absolute atomic E-state index is 0.0714. The van der Waals surface area contributed by atoms with Crippen molar-refractivity contribution in [2.45, 2.75) is 38.3 Å². The van der Waals surface area contributed by atoms with E-state index in [0.717, 1.165) is 18.0 Å². The summed E-state index contributed by atoms with van der Waals surface area (Å²) in [6, 6.07) is 0.0714. The molecule has 1 aliphatic carbocycles. The largest absolute Gasteiger partial charge is 0.383 e. The molecule has 0 aromatic carbocycles. The summed E-state index contributed by atoms with van der Waals surface area (Å²) in [5.41, 5.74) is 3.85. The molecule has 18 heavy (non-hydrogen) atoms. The van der Waals surface area contributed by atoms with Gasteiger partial charge in [-0.2, -0.15) is 5.10 Å². The third-order valence-corrected chi connectivity index (χ3v) is 3.96. The monoisotopic (exact) mass is 272 g/mol. The topological polar surface area (TPSA) is 65.1 Å². The normalized spacial score (nSPS) is 17.7. The van der Waals surface area contributed by atoms with Crippen molar-refractivity contribution in [3.05, 3.63) is 16.9 Å². The smallest absolute Gasteiger partial charge is 0.0834 e. The molecule has 0 aliphatic heterocycles. The van der Waals surface area contributed by atoms with Crippen LogP contribution in [0.3, 0.4) is 0 Å². The van der Waals surface area contributed by atoms with Crippen LogP contribution < -0.4 is 11.3 Å². The van der Waals surface area contributed by atoms with Gasteiger partial charge in [-0.3, -0.25) is 16.0 Å². The van der Waals surface area contributed by atoms with Gasteiger partial charge in [0.05, 0.1) is 36.1 Å². The zero-order valence-corrected chi connectivity index (χ0v) is 11.5. The summed E-state index contributed by atoms with van der Waals surface area (Å²) < 4.78 is 6.97. The van der Waals surface area contributed by atoms with Gasteiger partial charge in [0.25, 0.3) is 0 Å². The number of hydrogen-bond donors (Lipinski definition) is 2. The minimum Gasteiger partial charge on any atom is -0.383 e. The highest BCUT2D eigenvalue weighted by molar-refractivity contribution is 6.31. The van der Waals surface area contributed by atoms with Crippen molar-refractivity contribution in [3.63, 3.8) is 0 Å². The predicted octanol–water partition coefficient (Wildman–Crippen LogP) is 1.88. The Bertz CT molecular complexity index is 378. The van der Waals surface area contributed by atoms with Crippen LogP contribution in [0.5, 0.6) is 0 Å². The molecule has 6 heteroatoms. The molecule has 1 aromatic rings. The molecular formula is C12H21ClN4O. The Morgan fingerprint density at radius 1 is 1.67 bits per heavy atom. The minimum atomic E-state index is 0.0714. The van der Waals surface area contributed by atoms with E-state index in [2.05, 4.69) is 10.5 Å². The van der Waals surface area contributed by atoms with Gasteiger partial charge in [-0.15, -0.1) is 0 Å². The lowest BCUT2D eigenvalue weighted by molar-refractivity contribution is 0.180. The number of nitrogens with two attached hydrogens (primary N) is 1. The Morgan fingerprint density at radius 2 is 2.44 bits per heavy atom. The molecular weight excluding hydrogens is 252 g/mol. The molecule has 1 aliphatic rings. The number of nitrogens with one attached hydrogen (secondary N) is 1. The van der Waals surface area contributed by atoms with Crippen LogP contribution in [0.15, 0.2) is 6.20 Å². The highest BCUT2D eigenvalue weighted by atomic mass is 35.5. The number of rotatable bonds is 7. The van der Waals surface area contributed by atoms with Crippen LogP contribution in [0, 0.1) is 5.92 Å². The van der Waals surface area contributed by atoms with E-state index in [9.17, 15) is 0 Å². The maximum Gasteiger partial charge on any atom is 0.0834 e. The van der Waals surface area contributed by atoms with Gasteiger partial charge >= 0.3 is 0 Å². The molecule has 0 amide bonds. The van der Waals surface area contributed by atoms with Crippen molar-refractivity contribution in [1.82, 2.24) is 15.2 Å². The number of hydrogen-bond acceptors (Lipinski definition) is 4. The predicted molar refractivity (Wildman–Crippen MR) is 71.1 cm³/mol. The number of ether oxygens (including phenoxy) is 1. The SMILES string of the molecule is COCCn1ncc(Cl)c1C(CC1CCC1)NN. The van der Waals surface area contributed by atoms with Gasteiger partial charge in [0, 0.05) is 7.11 Å². The molecule has 1 heterocycles. The third-order valence-electron chi connectivity index (χ3n) is 3.67. The average molecular weight is 273 g/mol. The molecule has 0 spiro atoms. The van der Waals surface area contributed by atoms with Crippen molar-refractivity contribution in [2.75, 3.05) is 13.7 Å². The fraction of sp³-hybridized carbons (Fsp3) is 0.750. The number of hydrazine groups is 1. The Balaban J connectivity index is 2.09. The first-order valence-electron chi connectivity index (χ1n) is 6.42. The molecule has 2 rings (SSSR count). The molecule has 1 aromatic heterocycles. The first kappa shape index (κ1) is 13.8. The molecule has 1 saturated carbocycles. The van der Waals surface area contributed by atoms with E-state index in [0.29, 0.717) is 18.2 Å². The second-order valence-electron chi connectivity index (χ2n) is 4.85. The van der Waals surface area contributed by atoms with Crippen molar-refractivity contribution >= 4 is 11.6 Å². The Hall–Kier alpha value is -0.620. The van der Waals surface area contributed by atoms with E-state index >= 15 is 0 Å². The van der Waals surface area contributed by atoms with E-state index in [1.54, 1.807) is 13.3 Å². The highest BCUT2D eigenvalue weighted by Crippen LogP contribution is 2.36. The van der Waals surface area contributed by atoms with Crippen LogP contribution in [0.1, 0.15) is 37.4 Å². The lowest BCUT2D eigenvalue weighted by atomic mass is 9.80. The number of halogens is 1. The fourth-order valence-corrected chi connectivity index (χ4v) is 2.67. The molecule has 102 valence electrons. The van der Waals surface area contributed by atoms with E-state index in [1.165, 1.54) is 19.3 Å². The number of nitrogens with zero attached hydrogens (tertiary/aromatic N) is 2. The summed E-state index contributed by atoms with van der Waals surface area (Å²) in [5, 5.41) is 4.96. The Morgan fingerprint density at radius 3 is 3.00 bits per heavy atom. The van der Waals surface area contributed by atoms with Crippen molar-refractivity contribution in [2.24, 2.45) is 11.8 Å². The molecule has 0 bridgehead atoms. The average Bonchev–Trinajstić information content (AvgIpc) is 2.68. The summed E-state index contributed by atoms with van der Waals surface area (Å²) in [6.07, 6.45) is 6.62. The zero-order valence-electron chi connectivity index (χ0n) is 10.7. The standard InChI is InChI=1S/C12H21ClN4O/c1-18-6-5-17-12(10(13)8-15-17)11(16-14)7-9-3-2-4-9/h8-9,11,16H,2-7,14H2,1H3. The number of aromatic nitrogens is 2. The second kappa shape index (κ2) is 6.52. The van der Waals surface area contributed by atoms with Gasteiger partial charge in [-0.05, 0) is 12.3 Å². The van der Waals surface area contributed by atoms with Crippen LogP contribution in [-0.4, -0.2) is 23.5 Å². The molecule has 0 saturated heterocycles. The van der Waals surface area contributed by atoms with Crippen LogP contribution in [0.2, 0.25) is 5.02 Å². The van der Waals surface area contributed by atoms with Crippen molar-refractivity contribution < 1.29 is 4.74 Å². The van der Waals surface area contributed by atoms with Crippen LogP contribution in [-0.2, 0) is 11.3 Å². The number of methoxy groups -OCH3 is 1. The van der Waals surface area contributed by atoms with E-state index in [-0.39, 0.29) is 6.04 Å². The quantitative estimate of drug-likeness (QED) is 0.588. The van der Waals surface area contributed by atoms with Gasteiger partial charge in [0.2, 0.25) is 0 Å². The van der Waals surface area contributed by atoms with Gasteiger partial charge < -0.3 is 4.74 Å². The van der Waals surface area contributed by atoms with E-state index < -0.39 is 0 Å². The highest BCUT2D eigenvalue weighted by Gasteiger charge is 2.26. The Kier molecular flexibility index (Phi) is 5.00. The first-order valence-corrected chi connectivity index (χ1v) is 6.80. The van der Waals surface area contributed by atoms with Gasteiger partial charge in [-0.1, -0.05) is 30.9 Å². The van der Waals surface area contributed by atoms with Crippen LogP contribution in [0.25, 0.3) is 0 Å². The van der Waals surface area contributed by atoms with Crippen LogP contribution in [0.4, 0.5) is 0 Å². The van der Waals surface area contributed by atoms with Crippen molar-refractivity contribution in [3.8, 4) is 0 Å². The second-order valence-corrected chi connectivity index (χ2v) is 5.25. The van der Waals surface area contributed by atoms with E-state index in [1.807, 2.05) is 4.68 Å². The lowest BCUT2D eigenvalue weighted by Crippen LogP contribution is -2.33. The summed E-state index contributed by atoms with van der Waals surface area (Å²) >= 11 is 6.22. The molecule has 5 nitrogen and oxygen atoms in total. The van der Waals surface area contributed by atoms with Gasteiger partial charge in [0.15, 0.2) is 0 Å². The first-order chi connectivity index (χ1) is 8.76. The van der Waals surface area contributed by atoms with Gasteiger partial charge in [-0.25, -0.2) is 0 Å². The molecule has 0 radical (unpaired) electrons. The summed E-state index contributed by atoms with van der Waals surface area (Å²) in [6.45, 7) is 1.31. The Labute approximate surface area is 113 Å². The summed E-state index contributed by atoms with van der Waals surface area (Å²) in [7, 11) is 1.68. The molecule has 1 fully saturated rings. The van der Waals surface area contributed by atoms with E-state index in [4.69, 9.17) is 22.2 Å². The van der Waals surface area contributed by atoms with Crippen molar-refractivity contribution in [1.29, 1.82) is 0 Å². The molecule has 1 unspecified atom stereocenters. The molecule has 1 atom stereocenters. The summed E-state index contributed by atoms with van der Waals surface area (Å²) in [4.78, 5) is 0. The maximum absolute atomic E-state index is 6.22.